The molecule has 3 heteroatoms. The van der Waals surface area contributed by atoms with Gasteiger partial charge in [0.2, 0.25) is 0 Å². The molecule has 2 rings (SSSR count). The van der Waals surface area contributed by atoms with Gasteiger partial charge in [-0.3, -0.25) is 4.90 Å². The summed E-state index contributed by atoms with van der Waals surface area (Å²) < 4.78 is 0. The van der Waals surface area contributed by atoms with E-state index in [-0.39, 0.29) is 0 Å². The third-order valence-corrected chi connectivity index (χ3v) is 4.38. The minimum absolute atomic E-state index is 0.357. The van der Waals surface area contributed by atoms with Crippen molar-refractivity contribution in [3.8, 4) is 0 Å². The molecule has 1 saturated heterocycles. The zero-order valence-electron chi connectivity index (χ0n) is 11.1. The highest BCUT2D eigenvalue weighted by Crippen LogP contribution is 2.24. The molecule has 2 aliphatic rings. The number of unbranched alkanes of at least 4 members (excludes halogenated alkanes) is 2. The molecule has 3 nitrogen and oxygen atoms in total. The molecule has 1 N–H and O–H groups in total. The largest absolute Gasteiger partial charge is 0.396 e. The lowest BCUT2D eigenvalue weighted by molar-refractivity contribution is 0.0964. The summed E-state index contributed by atoms with van der Waals surface area (Å²) in [6.45, 7) is 6.68. The van der Waals surface area contributed by atoms with Crippen LogP contribution in [0.1, 0.15) is 44.9 Å². The predicted octanol–water partition coefficient (Wildman–Crippen LogP) is 1.71. The molecule has 1 aliphatic carbocycles. The first-order valence-electron chi connectivity index (χ1n) is 7.47. The molecule has 2 fully saturated rings. The molecule has 17 heavy (non-hydrogen) atoms. The van der Waals surface area contributed by atoms with Gasteiger partial charge in [-0.25, -0.2) is 0 Å². The van der Waals surface area contributed by atoms with E-state index in [9.17, 15) is 0 Å². The van der Waals surface area contributed by atoms with E-state index in [0.717, 1.165) is 12.5 Å². The first-order chi connectivity index (χ1) is 8.40. The van der Waals surface area contributed by atoms with Crippen molar-refractivity contribution in [3.63, 3.8) is 0 Å². The first kappa shape index (κ1) is 13.3. The Kier molecular flexibility index (Phi) is 5.75. The standard InChI is InChI=1S/C14H28N2O/c17-13-5-1-4-8-15-9-11-16(12-10-15)14-6-2-3-7-14/h14,17H,1-13H2. The van der Waals surface area contributed by atoms with Crippen LogP contribution in [-0.4, -0.2) is 60.3 Å². The quantitative estimate of drug-likeness (QED) is 0.716. The van der Waals surface area contributed by atoms with Crippen LogP contribution >= 0.6 is 0 Å². The Hall–Kier alpha value is -0.120. The van der Waals surface area contributed by atoms with Crippen LogP contribution in [0, 0.1) is 0 Å². The van der Waals surface area contributed by atoms with Crippen LogP contribution in [-0.2, 0) is 0 Å². The first-order valence-corrected chi connectivity index (χ1v) is 7.47. The minimum atomic E-state index is 0.357. The van der Waals surface area contributed by atoms with Gasteiger partial charge in [0.05, 0.1) is 0 Å². The molecule has 0 spiro atoms. The molecule has 1 saturated carbocycles. The molecule has 0 aromatic heterocycles. The zero-order chi connectivity index (χ0) is 11.9. The summed E-state index contributed by atoms with van der Waals surface area (Å²) >= 11 is 0. The molecule has 1 heterocycles. The van der Waals surface area contributed by atoms with E-state index in [1.165, 1.54) is 71.2 Å². The van der Waals surface area contributed by atoms with Crippen LogP contribution in [0.25, 0.3) is 0 Å². The fourth-order valence-electron chi connectivity index (χ4n) is 3.25. The second-order valence-corrected chi connectivity index (χ2v) is 5.60. The Bertz CT molecular complexity index is 196. The van der Waals surface area contributed by atoms with E-state index in [1.807, 2.05) is 0 Å². The lowest BCUT2D eigenvalue weighted by Crippen LogP contribution is -2.49. The lowest BCUT2D eigenvalue weighted by atomic mass is 10.1. The van der Waals surface area contributed by atoms with Crippen molar-refractivity contribution in [1.29, 1.82) is 0 Å². The number of rotatable bonds is 6. The molecule has 0 bridgehead atoms. The number of nitrogens with zero attached hydrogens (tertiary/aromatic N) is 2. The summed E-state index contributed by atoms with van der Waals surface area (Å²) in [5.41, 5.74) is 0. The normalized spacial score (nSPS) is 24.5. The third-order valence-electron chi connectivity index (χ3n) is 4.38. The van der Waals surface area contributed by atoms with Crippen molar-refractivity contribution in [1.82, 2.24) is 9.80 Å². The van der Waals surface area contributed by atoms with E-state index >= 15 is 0 Å². The van der Waals surface area contributed by atoms with Crippen LogP contribution in [0.5, 0.6) is 0 Å². The summed E-state index contributed by atoms with van der Waals surface area (Å²) in [5.74, 6) is 0. The van der Waals surface area contributed by atoms with Crippen molar-refractivity contribution in [3.05, 3.63) is 0 Å². The van der Waals surface area contributed by atoms with Gasteiger partial charge in [-0.15, -0.1) is 0 Å². The average molecular weight is 240 g/mol. The second kappa shape index (κ2) is 7.34. The number of hydrogen-bond donors (Lipinski definition) is 1. The monoisotopic (exact) mass is 240 g/mol. The molecule has 0 aromatic carbocycles. The highest BCUT2D eigenvalue weighted by Gasteiger charge is 2.25. The highest BCUT2D eigenvalue weighted by atomic mass is 16.2. The molecule has 100 valence electrons. The van der Waals surface area contributed by atoms with Crippen molar-refractivity contribution in [2.45, 2.75) is 51.0 Å². The van der Waals surface area contributed by atoms with Gasteiger partial charge in [0.25, 0.3) is 0 Å². The van der Waals surface area contributed by atoms with Gasteiger partial charge < -0.3 is 10.0 Å². The molecule has 0 aromatic rings. The van der Waals surface area contributed by atoms with Crippen molar-refractivity contribution in [2.75, 3.05) is 39.3 Å². The summed E-state index contributed by atoms with van der Waals surface area (Å²) in [7, 11) is 0. The predicted molar refractivity (Wildman–Crippen MR) is 71.2 cm³/mol. The van der Waals surface area contributed by atoms with E-state index in [2.05, 4.69) is 9.80 Å². The van der Waals surface area contributed by atoms with E-state index in [0.29, 0.717) is 6.61 Å². The van der Waals surface area contributed by atoms with Gasteiger partial charge in [0, 0.05) is 38.8 Å². The summed E-state index contributed by atoms with van der Waals surface area (Å²) in [5, 5.41) is 8.74. The lowest BCUT2D eigenvalue weighted by Gasteiger charge is -2.38. The fraction of sp³-hybridized carbons (Fsp3) is 1.00. The molecule has 0 atom stereocenters. The van der Waals surface area contributed by atoms with Gasteiger partial charge in [-0.05, 0) is 38.6 Å². The molecule has 0 radical (unpaired) electrons. The van der Waals surface area contributed by atoms with Crippen LogP contribution in [0.4, 0.5) is 0 Å². The van der Waals surface area contributed by atoms with Crippen LogP contribution in [0.15, 0.2) is 0 Å². The Labute approximate surface area is 106 Å². The van der Waals surface area contributed by atoms with Gasteiger partial charge in [0.1, 0.15) is 0 Å². The number of aliphatic hydroxyl groups is 1. The van der Waals surface area contributed by atoms with Crippen LogP contribution in [0.2, 0.25) is 0 Å². The zero-order valence-corrected chi connectivity index (χ0v) is 11.1. The Morgan fingerprint density at radius 3 is 2.24 bits per heavy atom. The maximum Gasteiger partial charge on any atom is 0.0431 e. The van der Waals surface area contributed by atoms with Crippen LogP contribution < -0.4 is 0 Å². The second-order valence-electron chi connectivity index (χ2n) is 5.60. The Morgan fingerprint density at radius 1 is 0.882 bits per heavy atom. The number of piperazine rings is 1. The van der Waals surface area contributed by atoms with Gasteiger partial charge in [-0.1, -0.05) is 12.8 Å². The molecular formula is C14H28N2O. The molecule has 1 aliphatic heterocycles. The molecule has 0 unspecified atom stereocenters. The minimum Gasteiger partial charge on any atom is -0.396 e. The van der Waals surface area contributed by atoms with Crippen molar-refractivity contribution in [2.24, 2.45) is 0 Å². The maximum absolute atomic E-state index is 8.74. The van der Waals surface area contributed by atoms with Crippen molar-refractivity contribution >= 4 is 0 Å². The molecule has 0 amide bonds. The van der Waals surface area contributed by atoms with E-state index in [1.54, 1.807) is 0 Å². The van der Waals surface area contributed by atoms with E-state index in [4.69, 9.17) is 5.11 Å². The third kappa shape index (κ3) is 4.23. The summed E-state index contributed by atoms with van der Waals surface area (Å²) in [4.78, 5) is 5.32. The fourth-order valence-corrected chi connectivity index (χ4v) is 3.25. The Morgan fingerprint density at radius 2 is 1.59 bits per heavy atom. The van der Waals surface area contributed by atoms with Gasteiger partial charge in [0.15, 0.2) is 0 Å². The topological polar surface area (TPSA) is 26.7 Å². The smallest absolute Gasteiger partial charge is 0.0431 e. The maximum atomic E-state index is 8.74. The average Bonchev–Trinajstić information content (AvgIpc) is 2.89. The summed E-state index contributed by atoms with van der Waals surface area (Å²) in [6.07, 6.45) is 9.19. The number of hydrogen-bond acceptors (Lipinski definition) is 3. The van der Waals surface area contributed by atoms with Crippen molar-refractivity contribution < 1.29 is 5.11 Å². The SMILES string of the molecule is OCCCCCN1CCN(C2CCCC2)CC1. The Balaban J connectivity index is 1.57. The summed E-state index contributed by atoms with van der Waals surface area (Å²) in [6, 6.07) is 0.909. The number of aliphatic hydroxyl groups excluding tert-OH is 1. The van der Waals surface area contributed by atoms with E-state index < -0.39 is 0 Å². The van der Waals surface area contributed by atoms with Crippen LogP contribution in [0.3, 0.4) is 0 Å². The van der Waals surface area contributed by atoms with Gasteiger partial charge in [-0.2, -0.15) is 0 Å². The highest BCUT2D eigenvalue weighted by molar-refractivity contribution is 4.81. The van der Waals surface area contributed by atoms with Gasteiger partial charge >= 0.3 is 0 Å². The molecular weight excluding hydrogens is 212 g/mol.